The van der Waals surface area contributed by atoms with Gasteiger partial charge >= 0.3 is 0 Å². The van der Waals surface area contributed by atoms with E-state index in [2.05, 4.69) is 48.4 Å². The number of carbonyl (C=O) groups is 1. The summed E-state index contributed by atoms with van der Waals surface area (Å²) in [4.78, 5) is 16.0. The number of pyridine rings is 1. The van der Waals surface area contributed by atoms with Gasteiger partial charge in [0.15, 0.2) is 0 Å². The zero-order valence-corrected chi connectivity index (χ0v) is 12.8. The second kappa shape index (κ2) is 7.02. The van der Waals surface area contributed by atoms with Crippen LogP contribution in [0.4, 0.5) is 0 Å². The van der Waals surface area contributed by atoms with E-state index in [4.69, 9.17) is 0 Å². The number of nitrogens with zero attached hydrogens (tertiary/aromatic N) is 1. The van der Waals surface area contributed by atoms with E-state index in [9.17, 15) is 4.79 Å². The first-order valence-electron chi connectivity index (χ1n) is 7.42. The number of hydrogen-bond acceptors (Lipinski definition) is 2. The molecule has 2 aromatic rings. The second-order valence-corrected chi connectivity index (χ2v) is 5.41. The molecule has 21 heavy (non-hydrogen) atoms. The van der Waals surface area contributed by atoms with Crippen LogP contribution in [0.15, 0.2) is 48.8 Å². The molecule has 1 aromatic heterocycles. The largest absolute Gasteiger partial charge is 0.346 e. The summed E-state index contributed by atoms with van der Waals surface area (Å²) in [5.41, 5.74) is 3.09. The molecule has 1 N–H and O–H groups in total. The summed E-state index contributed by atoms with van der Waals surface area (Å²) in [5, 5.41) is 3.01. The molecule has 0 aliphatic heterocycles. The van der Waals surface area contributed by atoms with Gasteiger partial charge in [-0.05, 0) is 42.5 Å². The zero-order chi connectivity index (χ0) is 15.2. The van der Waals surface area contributed by atoms with Gasteiger partial charge in [0.1, 0.15) is 0 Å². The van der Waals surface area contributed by atoms with Crippen LogP contribution < -0.4 is 5.32 Å². The minimum atomic E-state index is -0.0732. The molecule has 110 valence electrons. The van der Waals surface area contributed by atoms with Crippen molar-refractivity contribution in [2.45, 2.75) is 39.2 Å². The van der Waals surface area contributed by atoms with E-state index in [-0.39, 0.29) is 11.9 Å². The Bertz CT molecular complexity index is 578. The van der Waals surface area contributed by atoms with Crippen LogP contribution in [0.2, 0.25) is 0 Å². The first kappa shape index (κ1) is 15.2. The number of rotatable bonds is 5. The lowest BCUT2D eigenvalue weighted by Gasteiger charge is -2.16. The monoisotopic (exact) mass is 282 g/mol. The molecule has 0 aliphatic carbocycles. The highest BCUT2D eigenvalue weighted by molar-refractivity contribution is 5.94. The Balaban J connectivity index is 2.03. The van der Waals surface area contributed by atoms with Crippen molar-refractivity contribution in [3.8, 4) is 0 Å². The van der Waals surface area contributed by atoms with Crippen LogP contribution in [0.25, 0.3) is 0 Å². The molecule has 2 atom stereocenters. The summed E-state index contributed by atoms with van der Waals surface area (Å²) in [7, 11) is 0. The van der Waals surface area contributed by atoms with Crippen LogP contribution in [0.3, 0.4) is 0 Å². The van der Waals surface area contributed by atoms with Crippen LogP contribution in [0.1, 0.15) is 60.6 Å². The standard InChI is InChI=1S/C18H22N2O/c1-4-13(2)15-5-7-16(8-6-15)14(3)20-18(21)17-9-11-19-12-10-17/h5-14H,4H2,1-3H3,(H,20,21)/t13-,14-/m0/s1. The van der Waals surface area contributed by atoms with Gasteiger partial charge in [0.05, 0.1) is 6.04 Å². The Morgan fingerprint density at radius 2 is 1.62 bits per heavy atom. The van der Waals surface area contributed by atoms with Crippen LogP contribution in [0, 0.1) is 0 Å². The minimum Gasteiger partial charge on any atom is -0.346 e. The third-order valence-electron chi connectivity index (χ3n) is 3.91. The van der Waals surface area contributed by atoms with Crippen molar-refractivity contribution in [1.29, 1.82) is 0 Å². The molecule has 0 saturated carbocycles. The van der Waals surface area contributed by atoms with Crippen LogP contribution in [-0.4, -0.2) is 10.9 Å². The van der Waals surface area contributed by atoms with Crippen molar-refractivity contribution in [2.75, 3.05) is 0 Å². The summed E-state index contributed by atoms with van der Waals surface area (Å²) >= 11 is 0. The zero-order valence-electron chi connectivity index (χ0n) is 12.8. The lowest BCUT2D eigenvalue weighted by molar-refractivity contribution is 0.0940. The Hall–Kier alpha value is -2.16. The van der Waals surface area contributed by atoms with E-state index < -0.39 is 0 Å². The number of hydrogen-bond donors (Lipinski definition) is 1. The van der Waals surface area contributed by atoms with Crippen LogP contribution >= 0.6 is 0 Å². The van der Waals surface area contributed by atoms with Gasteiger partial charge in [0, 0.05) is 18.0 Å². The smallest absolute Gasteiger partial charge is 0.251 e. The average Bonchev–Trinajstić information content (AvgIpc) is 2.55. The number of benzene rings is 1. The van der Waals surface area contributed by atoms with Crippen molar-refractivity contribution in [2.24, 2.45) is 0 Å². The third kappa shape index (κ3) is 3.91. The lowest BCUT2D eigenvalue weighted by Crippen LogP contribution is -2.26. The van der Waals surface area contributed by atoms with E-state index in [1.165, 1.54) is 5.56 Å². The predicted molar refractivity (Wildman–Crippen MR) is 85.3 cm³/mol. The SMILES string of the molecule is CC[C@H](C)c1ccc([C@H](C)NC(=O)c2ccncc2)cc1. The normalized spacial score (nSPS) is 13.5. The Kier molecular flexibility index (Phi) is 5.09. The van der Waals surface area contributed by atoms with E-state index in [0.717, 1.165) is 12.0 Å². The maximum atomic E-state index is 12.1. The van der Waals surface area contributed by atoms with Crippen molar-refractivity contribution in [3.05, 3.63) is 65.5 Å². The van der Waals surface area contributed by atoms with Gasteiger partial charge in [-0.2, -0.15) is 0 Å². The van der Waals surface area contributed by atoms with Gasteiger partial charge in [0.2, 0.25) is 0 Å². The number of amides is 1. The topological polar surface area (TPSA) is 42.0 Å². The second-order valence-electron chi connectivity index (χ2n) is 5.41. The number of nitrogens with one attached hydrogen (secondary N) is 1. The van der Waals surface area contributed by atoms with E-state index in [1.807, 2.05) is 6.92 Å². The third-order valence-corrected chi connectivity index (χ3v) is 3.91. The molecule has 3 nitrogen and oxygen atoms in total. The first-order valence-corrected chi connectivity index (χ1v) is 7.42. The maximum absolute atomic E-state index is 12.1. The van der Waals surface area contributed by atoms with Crippen molar-refractivity contribution in [3.63, 3.8) is 0 Å². The van der Waals surface area contributed by atoms with Gasteiger partial charge in [-0.15, -0.1) is 0 Å². The fourth-order valence-corrected chi connectivity index (χ4v) is 2.22. The lowest BCUT2D eigenvalue weighted by atomic mass is 9.96. The van der Waals surface area contributed by atoms with E-state index >= 15 is 0 Å². The van der Waals surface area contributed by atoms with Crippen LogP contribution in [-0.2, 0) is 0 Å². The Labute approximate surface area is 126 Å². The number of aromatic nitrogens is 1. The van der Waals surface area contributed by atoms with E-state index in [0.29, 0.717) is 11.5 Å². The average molecular weight is 282 g/mol. The molecule has 0 bridgehead atoms. The molecule has 0 spiro atoms. The van der Waals surface area contributed by atoms with Gasteiger partial charge in [0.25, 0.3) is 5.91 Å². The van der Waals surface area contributed by atoms with Crippen molar-refractivity contribution >= 4 is 5.91 Å². The molecule has 0 fully saturated rings. The van der Waals surface area contributed by atoms with Crippen LogP contribution in [0.5, 0.6) is 0 Å². The molecular weight excluding hydrogens is 260 g/mol. The molecule has 1 amide bonds. The quantitative estimate of drug-likeness (QED) is 0.897. The van der Waals surface area contributed by atoms with Crippen molar-refractivity contribution < 1.29 is 4.79 Å². The highest BCUT2D eigenvalue weighted by atomic mass is 16.1. The summed E-state index contributed by atoms with van der Waals surface area (Å²) in [6.07, 6.45) is 4.38. The van der Waals surface area contributed by atoms with Gasteiger partial charge < -0.3 is 5.32 Å². The Morgan fingerprint density at radius 1 is 1.05 bits per heavy atom. The minimum absolute atomic E-state index is 0.0170. The first-order chi connectivity index (χ1) is 10.1. The van der Waals surface area contributed by atoms with Gasteiger partial charge in [-0.3, -0.25) is 9.78 Å². The predicted octanol–water partition coefficient (Wildman–Crippen LogP) is 4.09. The highest BCUT2D eigenvalue weighted by Gasteiger charge is 2.11. The molecule has 0 radical (unpaired) electrons. The summed E-state index contributed by atoms with van der Waals surface area (Å²) < 4.78 is 0. The molecule has 2 rings (SSSR count). The summed E-state index contributed by atoms with van der Waals surface area (Å²) in [5.74, 6) is 0.497. The Morgan fingerprint density at radius 3 is 2.19 bits per heavy atom. The molecule has 3 heteroatoms. The van der Waals surface area contributed by atoms with Crippen molar-refractivity contribution in [1.82, 2.24) is 10.3 Å². The molecule has 0 aliphatic rings. The molecule has 0 saturated heterocycles. The molecule has 1 aromatic carbocycles. The molecular formula is C18H22N2O. The molecule has 1 heterocycles. The fourth-order valence-electron chi connectivity index (χ4n) is 2.22. The number of carbonyl (C=O) groups excluding carboxylic acids is 1. The van der Waals surface area contributed by atoms with Gasteiger partial charge in [-0.1, -0.05) is 38.1 Å². The highest BCUT2D eigenvalue weighted by Crippen LogP contribution is 2.21. The molecule has 0 unspecified atom stereocenters. The summed E-state index contributed by atoms with van der Waals surface area (Å²) in [6, 6.07) is 11.9. The van der Waals surface area contributed by atoms with Gasteiger partial charge in [-0.25, -0.2) is 0 Å². The van der Waals surface area contributed by atoms with E-state index in [1.54, 1.807) is 24.5 Å². The fraction of sp³-hybridized carbons (Fsp3) is 0.333. The summed E-state index contributed by atoms with van der Waals surface area (Å²) in [6.45, 7) is 6.41. The maximum Gasteiger partial charge on any atom is 0.251 e.